The third kappa shape index (κ3) is 5.75. The van der Waals surface area contributed by atoms with Crippen LogP contribution in [0.4, 0.5) is 18.9 Å². The number of nitrogens with one attached hydrogen (secondary N) is 1. The van der Waals surface area contributed by atoms with Gasteiger partial charge >= 0.3 is 22.4 Å². The Morgan fingerprint density at radius 3 is 2.13 bits per heavy atom. The number of aliphatic carboxylic acids is 1. The predicted molar refractivity (Wildman–Crippen MR) is 72.0 cm³/mol. The van der Waals surface area contributed by atoms with E-state index < -0.39 is 28.3 Å². The topological polar surface area (TPSA) is 130 Å². The standard InChI is InChI=1S/C9H11N3O3S.C2HF3O2/c10-8-3-1-7(2-4-8)5-12-6-9(13)11-16(12,14)15;3-2(4,5)1(6)7/h1-4H,5-6,10H2,(H,11,13);(H,6,7). The van der Waals surface area contributed by atoms with Crippen LogP contribution in [-0.2, 0) is 26.3 Å². The summed E-state index contributed by atoms with van der Waals surface area (Å²) in [4.78, 5) is 19.9. The van der Waals surface area contributed by atoms with Gasteiger partial charge in [0.15, 0.2) is 0 Å². The van der Waals surface area contributed by atoms with Gasteiger partial charge in [-0.2, -0.15) is 25.9 Å². The molecule has 1 aromatic carbocycles. The number of benzene rings is 1. The first-order valence-electron chi connectivity index (χ1n) is 5.87. The van der Waals surface area contributed by atoms with Crippen molar-refractivity contribution in [2.24, 2.45) is 0 Å². The number of anilines is 1. The molecule has 23 heavy (non-hydrogen) atoms. The number of carboxylic acids is 1. The molecule has 1 amide bonds. The van der Waals surface area contributed by atoms with Crippen molar-refractivity contribution in [2.45, 2.75) is 12.7 Å². The Morgan fingerprint density at radius 1 is 1.30 bits per heavy atom. The van der Waals surface area contributed by atoms with Crippen LogP contribution in [0.15, 0.2) is 24.3 Å². The summed E-state index contributed by atoms with van der Waals surface area (Å²) in [5, 5.41) is 7.12. The van der Waals surface area contributed by atoms with Gasteiger partial charge in [-0.15, -0.1) is 0 Å². The second-order valence-electron chi connectivity index (χ2n) is 4.34. The molecule has 0 saturated carbocycles. The highest BCUT2D eigenvalue weighted by atomic mass is 32.2. The van der Waals surface area contributed by atoms with Crippen molar-refractivity contribution < 1.29 is 36.3 Å². The number of hydrogen-bond donors (Lipinski definition) is 3. The minimum absolute atomic E-state index is 0.132. The van der Waals surface area contributed by atoms with E-state index in [1.807, 2.05) is 4.72 Å². The molecule has 1 aliphatic rings. The molecule has 1 heterocycles. The summed E-state index contributed by atoms with van der Waals surface area (Å²) in [5.74, 6) is -3.26. The Kier molecular flexibility index (Phi) is 5.56. The van der Waals surface area contributed by atoms with Crippen LogP contribution in [0.25, 0.3) is 0 Å². The maximum Gasteiger partial charge on any atom is 0.490 e. The van der Waals surface area contributed by atoms with E-state index in [1.54, 1.807) is 24.3 Å². The number of carbonyl (C=O) groups excluding carboxylic acids is 1. The number of nitrogens with zero attached hydrogens (tertiary/aromatic N) is 1. The molecule has 1 aliphatic heterocycles. The maximum atomic E-state index is 11.4. The number of nitrogens with two attached hydrogens (primary N) is 1. The Hall–Kier alpha value is -2.34. The first kappa shape index (κ1) is 18.7. The zero-order valence-electron chi connectivity index (χ0n) is 11.4. The zero-order valence-corrected chi connectivity index (χ0v) is 12.2. The second-order valence-corrected chi connectivity index (χ2v) is 6.01. The number of hydrogen-bond acceptors (Lipinski definition) is 5. The minimum Gasteiger partial charge on any atom is -0.475 e. The molecule has 0 unspecified atom stereocenters. The van der Waals surface area contributed by atoms with Crippen molar-refractivity contribution in [1.29, 1.82) is 0 Å². The van der Waals surface area contributed by atoms with Crippen LogP contribution >= 0.6 is 0 Å². The van der Waals surface area contributed by atoms with Gasteiger partial charge in [0.2, 0.25) is 5.91 Å². The fraction of sp³-hybridized carbons (Fsp3) is 0.273. The molecule has 2 rings (SSSR count). The second kappa shape index (κ2) is 6.83. The van der Waals surface area contributed by atoms with Crippen LogP contribution in [0.3, 0.4) is 0 Å². The lowest BCUT2D eigenvalue weighted by Gasteiger charge is -2.11. The Balaban J connectivity index is 0.000000322. The van der Waals surface area contributed by atoms with Crippen LogP contribution < -0.4 is 10.5 Å². The number of alkyl halides is 3. The van der Waals surface area contributed by atoms with Crippen LogP contribution in [0.1, 0.15) is 5.56 Å². The van der Waals surface area contributed by atoms with Crippen molar-refractivity contribution in [3.05, 3.63) is 29.8 Å². The Morgan fingerprint density at radius 2 is 1.78 bits per heavy atom. The van der Waals surface area contributed by atoms with Gasteiger partial charge < -0.3 is 10.8 Å². The maximum absolute atomic E-state index is 11.4. The highest BCUT2D eigenvalue weighted by Gasteiger charge is 2.38. The minimum atomic E-state index is -5.08. The van der Waals surface area contributed by atoms with E-state index in [1.165, 1.54) is 0 Å². The fourth-order valence-electron chi connectivity index (χ4n) is 1.45. The average molecular weight is 355 g/mol. The number of halogens is 3. The first-order chi connectivity index (χ1) is 10.4. The van der Waals surface area contributed by atoms with Gasteiger partial charge in [0, 0.05) is 12.2 Å². The SMILES string of the molecule is Nc1ccc(CN2CC(=O)NS2(=O)=O)cc1.O=C(O)C(F)(F)F. The van der Waals surface area contributed by atoms with Crippen molar-refractivity contribution in [1.82, 2.24) is 9.03 Å². The lowest BCUT2D eigenvalue weighted by atomic mass is 10.2. The molecule has 0 atom stereocenters. The van der Waals surface area contributed by atoms with Gasteiger partial charge in [-0.25, -0.2) is 9.52 Å². The Labute approximate surface area is 128 Å². The lowest BCUT2D eigenvalue weighted by molar-refractivity contribution is -0.192. The summed E-state index contributed by atoms with van der Waals surface area (Å²) < 4.78 is 57.6. The molecule has 0 bridgehead atoms. The predicted octanol–water partition coefficient (Wildman–Crippen LogP) is 0.0787. The number of nitrogen functional groups attached to an aromatic ring is 1. The fourth-order valence-corrected chi connectivity index (χ4v) is 2.54. The van der Waals surface area contributed by atoms with E-state index >= 15 is 0 Å². The van der Waals surface area contributed by atoms with Crippen molar-refractivity contribution in [2.75, 3.05) is 12.3 Å². The average Bonchev–Trinajstić information content (AvgIpc) is 2.64. The van der Waals surface area contributed by atoms with Crippen LogP contribution in [0.2, 0.25) is 0 Å². The zero-order chi connectivity index (χ0) is 17.8. The highest BCUT2D eigenvalue weighted by molar-refractivity contribution is 7.88. The molecule has 0 radical (unpaired) electrons. The molecule has 128 valence electrons. The number of carboxylic acid groups (broad SMARTS) is 1. The Bertz CT molecular complexity index is 688. The van der Waals surface area contributed by atoms with Gasteiger partial charge in [0.25, 0.3) is 0 Å². The highest BCUT2D eigenvalue weighted by Crippen LogP contribution is 2.14. The third-order valence-electron chi connectivity index (χ3n) is 2.48. The van der Waals surface area contributed by atoms with E-state index in [9.17, 15) is 26.4 Å². The number of carbonyl (C=O) groups is 2. The van der Waals surface area contributed by atoms with Gasteiger partial charge in [0.05, 0.1) is 6.54 Å². The molecule has 0 aromatic heterocycles. The summed E-state index contributed by atoms with van der Waals surface area (Å²) in [6, 6.07) is 6.84. The van der Waals surface area contributed by atoms with Crippen LogP contribution in [0, 0.1) is 0 Å². The lowest BCUT2D eigenvalue weighted by Crippen LogP contribution is -2.29. The molecule has 8 nitrogen and oxygen atoms in total. The molecular formula is C11H12F3N3O5S. The van der Waals surface area contributed by atoms with E-state index in [-0.39, 0.29) is 13.1 Å². The van der Waals surface area contributed by atoms with Gasteiger partial charge in [-0.3, -0.25) is 4.79 Å². The van der Waals surface area contributed by atoms with E-state index in [0.29, 0.717) is 5.69 Å². The van der Waals surface area contributed by atoms with Crippen LogP contribution in [0.5, 0.6) is 0 Å². The summed E-state index contributed by atoms with van der Waals surface area (Å²) in [7, 11) is -3.64. The van der Waals surface area contributed by atoms with Crippen molar-refractivity contribution in [3.8, 4) is 0 Å². The molecule has 12 heteroatoms. The smallest absolute Gasteiger partial charge is 0.475 e. The number of amides is 1. The van der Waals surface area contributed by atoms with Gasteiger partial charge in [0.1, 0.15) is 0 Å². The molecule has 4 N–H and O–H groups in total. The summed E-state index contributed by atoms with van der Waals surface area (Å²) in [6.45, 7) is 0.0358. The normalized spacial score (nSPS) is 17.1. The first-order valence-corrected chi connectivity index (χ1v) is 7.31. The molecule has 0 aliphatic carbocycles. The monoisotopic (exact) mass is 355 g/mol. The summed E-state index contributed by atoms with van der Waals surface area (Å²) >= 11 is 0. The third-order valence-corrected chi connectivity index (χ3v) is 3.91. The summed E-state index contributed by atoms with van der Waals surface area (Å²) in [5.41, 5.74) is 6.91. The largest absolute Gasteiger partial charge is 0.490 e. The van der Waals surface area contributed by atoms with Crippen molar-refractivity contribution >= 4 is 27.8 Å². The van der Waals surface area contributed by atoms with E-state index in [2.05, 4.69) is 0 Å². The quantitative estimate of drug-likeness (QED) is 0.644. The van der Waals surface area contributed by atoms with Gasteiger partial charge in [-0.1, -0.05) is 12.1 Å². The molecule has 1 aromatic rings. The molecule has 1 saturated heterocycles. The van der Waals surface area contributed by atoms with E-state index in [0.717, 1.165) is 9.87 Å². The molecule has 0 spiro atoms. The van der Waals surface area contributed by atoms with E-state index in [4.69, 9.17) is 15.6 Å². The molecule has 1 fully saturated rings. The number of rotatable bonds is 2. The van der Waals surface area contributed by atoms with Crippen molar-refractivity contribution in [3.63, 3.8) is 0 Å². The van der Waals surface area contributed by atoms with Crippen LogP contribution in [-0.4, -0.2) is 42.4 Å². The molecular weight excluding hydrogens is 343 g/mol. The summed E-state index contributed by atoms with van der Waals surface area (Å²) in [6.07, 6.45) is -5.08. The van der Waals surface area contributed by atoms with Gasteiger partial charge in [-0.05, 0) is 17.7 Å².